The molecule has 0 spiro atoms. The van der Waals surface area contributed by atoms with Gasteiger partial charge < -0.3 is 13.7 Å². The highest BCUT2D eigenvalue weighted by Gasteiger charge is 2.21. The lowest BCUT2D eigenvalue weighted by Gasteiger charge is -2.17. The first-order valence-electron chi connectivity index (χ1n) is 18.3. The molecule has 0 unspecified atom stereocenters. The van der Waals surface area contributed by atoms with E-state index in [1.165, 1.54) is 32.6 Å². The fourth-order valence-electron chi connectivity index (χ4n) is 8.82. The van der Waals surface area contributed by atoms with Crippen molar-refractivity contribution in [1.82, 2.24) is 13.7 Å². The Balaban J connectivity index is 1.15. The van der Waals surface area contributed by atoms with Crippen LogP contribution in [0.5, 0.6) is 0 Å². The Morgan fingerprint density at radius 1 is 0.436 bits per heavy atom. The molecule has 0 N–H and O–H groups in total. The quantitative estimate of drug-likeness (QED) is 0.169. The number of fused-ring (bicyclic) bond motifs is 9. The van der Waals surface area contributed by atoms with E-state index in [0.29, 0.717) is 11.3 Å². The molecule has 5 heteroatoms. The van der Waals surface area contributed by atoms with Crippen LogP contribution in [0.3, 0.4) is 0 Å². The van der Waals surface area contributed by atoms with E-state index >= 15 is 0 Å². The molecular weight excluding hydrogens is 671 g/mol. The van der Waals surface area contributed by atoms with Crippen LogP contribution in [-0.4, -0.2) is 13.7 Å². The maximum Gasteiger partial charge on any atom is 0.188 e. The van der Waals surface area contributed by atoms with E-state index in [-0.39, 0.29) is 0 Å². The van der Waals surface area contributed by atoms with Gasteiger partial charge in [-0.3, -0.25) is 0 Å². The van der Waals surface area contributed by atoms with E-state index in [1.807, 2.05) is 42.5 Å². The van der Waals surface area contributed by atoms with Crippen molar-refractivity contribution in [2.75, 3.05) is 0 Å². The minimum Gasteiger partial charge on any atom is -0.309 e. The fourth-order valence-corrected chi connectivity index (χ4v) is 8.82. The summed E-state index contributed by atoms with van der Waals surface area (Å²) in [6.45, 7) is 7.65. The lowest BCUT2D eigenvalue weighted by atomic mass is 9.97. The SMILES string of the molecule is [C-]#[N+]c1ccc2c(c1)c1ccccc1n2-c1cccc(C#N)c1-c1ccc(-n2c3ccccc3c3cccc(-n4c5ccccc5c5ccccc54)c32)cc1. The Bertz CT molecular complexity index is 3400. The second-order valence-corrected chi connectivity index (χ2v) is 13.9. The van der Waals surface area contributed by atoms with Gasteiger partial charge in [-0.2, -0.15) is 5.26 Å². The monoisotopic (exact) mass is 699 g/mol. The summed E-state index contributed by atoms with van der Waals surface area (Å²) < 4.78 is 7.01. The van der Waals surface area contributed by atoms with Crippen molar-refractivity contribution in [3.8, 4) is 34.3 Å². The first kappa shape index (κ1) is 30.7. The fraction of sp³-hybridized carbons (Fsp3) is 0. The Hall–Kier alpha value is -7.86. The molecule has 254 valence electrons. The molecule has 0 aliphatic rings. The molecule has 3 aromatic heterocycles. The van der Waals surface area contributed by atoms with Gasteiger partial charge in [-0.25, -0.2) is 4.85 Å². The largest absolute Gasteiger partial charge is 0.309 e. The van der Waals surface area contributed by atoms with Crippen LogP contribution in [0.25, 0.3) is 98.5 Å². The summed E-state index contributed by atoms with van der Waals surface area (Å²) in [5.74, 6) is 0. The van der Waals surface area contributed by atoms with Gasteiger partial charge >= 0.3 is 0 Å². The van der Waals surface area contributed by atoms with Crippen LogP contribution in [0, 0.1) is 17.9 Å². The average molecular weight is 700 g/mol. The smallest absolute Gasteiger partial charge is 0.188 e. The third-order valence-corrected chi connectivity index (χ3v) is 11.1. The number of nitriles is 1. The van der Waals surface area contributed by atoms with Crippen molar-refractivity contribution in [2.24, 2.45) is 0 Å². The van der Waals surface area contributed by atoms with Gasteiger partial charge in [0.2, 0.25) is 0 Å². The van der Waals surface area contributed by atoms with Crippen LogP contribution >= 0.6 is 0 Å². The van der Waals surface area contributed by atoms with Gasteiger partial charge in [0.25, 0.3) is 0 Å². The number of hydrogen-bond acceptors (Lipinski definition) is 1. The third kappa shape index (κ3) is 4.39. The predicted molar refractivity (Wildman–Crippen MR) is 226 cm³/mol. The molecule has 8 aromatic carbocycles. The van der Waals surface area contributed by atoms with E-state index in [0.717, 1.165) is 61.0 Å². The minimum absolute atomic E-state index is 0.597. The first-order valence-corrected chi connectivity index (χ1v) is 18.3. The number of aromatic nitrogens is 3. The average Bonchev–Trinajstić information content (AvgIpc) is 3.89. The maximum absolute atomic E-state index is 10.5. The highest BCUT2D eigenvalue weighted by atomic mass is 15.1. The molecule has 0 amide bonds. The van der Waals surface area contributed by atoms with Crippen molar-refractivity contribution in [1.29, 1.82) is 5.26 Å². The number of nitrogens with zero attached hydrogens (tertiary/aromatic N) is 5. The van der Waals surface area contributed by atoms with Gasteiger partial charge in [-0.1, -0.05) is 109 Å². The van der Waals surface area contributed by atoms with Crippen LogP contribution < -0.4 is 0 Å². The predicted octanol–water partition coefficient (Wildman–Crippen LogP) is 13.1. The minimum atomic E-state index is 0.597. The van der Waals surface area contributed by atoms with Crippen LogP contribution in [0.1, 0.15) is 5.56 Å². The first-order chi connectivity index (χ1) is 27.2. The van der Waals surface area contributed by atoms with Gasteiger partial charge in [0, 0.05) is 38.2 Å². The zero-order valence-electron chi connectivity index (χ0n) is 29.5. The molecule has 11 rings (SSSR count). The molecule has 0 atom stereocenters. The molecule has 11 aromatic rings. The Labute approximate surface area is 316 Å². The van der Waals surface area contributed by atoms with Crippen molar-refractivity contribution in [3.05, 3.63) is 193 Å². The van der Waals surface area contributed by atoms with Gasteiger partial charge in [-0.05, 0) is 77.7 Å². The summed E-state index contributed by atoms with van der Waals surface area (Å²) in [7, 11) is 0. The molecule has 0 bridgehead atoms. The summed E-state index contributed by atoms with van der Waals surface area (Å²) in [4.78, 5) is 3.71. The van der Waals surface area contributed by atoms with E-state index in [4.69, 9.17) is 6.57 Å². The summed E-state index contributed by atoms with van der Waals surface area (Å²) in [6, 6.07) is 63.7. The lowest BCUT2D eigenvalue weighted by molar-refractivity contribution is 1.13. The highest BCUT2D eigenvalue weighted by molar-refractivity contribution is 6.15. The van der Waals surface area contributed by atoms with Crippen LogP contribution in [0.4, 0.5) is 5.69 Å². The molecule has 0 aliphatic carbocycles. The zero-order chi connectivity index (χ0) is 36.6. The topological polar surface area (TPSA) is 42.9 Å². The molecular formula is C50H29N5. The van der Waals surface area contributed by atoms with Crippen molar-refractivity contribution < 1.29 is 0 Å². The second kappa shape index (κ2) is 11.8. The number of benzene rings is 8. The molecule has 55 heavy (non-hydrogen) atoms. The van der Waals surface area contributed by atoms with Crippen molar-refractivity contribution in [2.45, 2.75) is 0 Å². The summed E-state index contributed by atoms with van der Waals surface area (Å²) in [6.07, 6.45) is 0. The summed E-state index contributed by atoms with van der Waals surface area (Å²) in [5, 5.41) is 17.4. The Morgan fingerprint density at radius 3 is 1.55 bits per heavy atom. The number of rotatable bonds is 4. The number of hydrogen-bond donors (Lipinski definition) is 0. The molecule has 0 radical (unpaired) electrons. The highest BCUT2D eigenvalue weighted by Crippen LogP contribution is 2.42. The molecule has 0 aliphatic heterocycles. The van der Waals surface area contributed by atoms with Crippen molar-refractivity contribution in [3.63, 3.8) is 0 Å². The Kier molecular flexibility index (Phi) is 6.61. The molecule has 0 fully saturated rings. The molecule has 0 saturated carbocycles. The third-order valence-electron chi connectivity index (χ3n) is 11.1. The standard InChI is InChI=1S/C50H29N5/c1-52-34-26-29-46-41(30-34)39-16-5-9-21-45(39)54(46)47-22-10-12-33(31-51)49(47)32-24-27-35(28-25-32)53-42-18-6-4-15-38(42)40-17-11-23-48(50(40)53)55-43-19-7-2-13-36(43)37-14-3-8-20-44(37)55/h2-30H. The van der Waals surface area contributed by atoms with E-state index in [9.17, 15) is 5.26 Å². The van der Waals surface area contributed by atoms with Crippen molar-refractivity contribution >= 4 is 71.1 Å². The van der Waals surface area contributed by atoms with Crippen LogP contribution in [0.15, 0.2) is 176 Å². The Morgan fingerprint density at radius 2 is 0.927 bits per heavy atom. The van der Waals surface area contributed by atoms with Gasteiger partial charge in [0.1, 0.15) is 0 Å². The maximum atomic E-state index is 10.5. The van der Waals surface area contributed by atoms with E-state index in [2.05, 4.69) is 158 Å². The second-order valence-electron chi connectivity index (χ2n) is 13.9. The normalized spacial score (nSPS) is 11.6. The summed E-state index contributed by atoms with van der Waals surface area (Å²) in [5.41, 5.74) is 12.7. The lowest BCUT2D eigenvalue weighted by Crippen LogP contribution is -2.01. The molecule has 3 heterocycles. The van der Waals surface area contributed by atoms with Gasteiger partial charge in [-0.15, -0.1) is 0 Å². The van der Waals surface area contributed by atoms with Gasteiger partial charge in [0.15, 0.2) is 5.69 Å². The van der Waals surface area contributed by atoms with Gasteiger partial charge in [0.05, 0.1) is 62.7 Å². The van der Waals surface area contributed by atoms with Crippen LogP contribution in [-0.2, 0) is 0 Å². The molecule has 0 saturated heterocycles. The van der Waals surface area contributed by atoms with E-state index < -0.39 is 0 Å². The van der Waals surface area contributed by atoms with Crippen LogP contribution in [0.2, 0.25) is 0 Å². The zero-order valence-corrected chi connectivity index (χ0v) is 29.5. The summed E-state index contributed by atoms with van der Waals surface area (Å²) >= 11 is 0. The molecule has 5 nitrogen and oxygen atoms in total. The number of para-hydroxylation sites is 5. The van der Waals surface area contributed by atoms with E-state index in [1.54, 1.807) is 0 Å².